The van der Waals surface area contributed by atoms with E-state index in [0.29, 0.717) is 17.1 Å². The summed E-state index contributed by atoms with van der Waals surface area (Å²) < 4.78 is 37.4. The molecule has 1 aromatic carbocycles. The Labute approximate surface area is 108 Å². The highest BCUT2D eigenvalue weighted by molar-refractivity contribution is 5.66. The van der Waals surface area contributed by atoms with Crippen LogP contribution in [0.3, 0.4) is 0 Å². The van der Waals surface area contributed by atoms with Crippen molar-refractivity contribution in [3.63, 3.8) is 0 Å². The monoisotopic (exact) mass is 267 g/mol. The van der Waals surface area contributed by atoms with Gasteiger partial charge in [0.15, 0.2) is 0 Å². The Morgan fingerprint density at radius 1 is 0.947 bits per heavy atom. The van der Waals surface area contributed by atoms with Gasteiger partial charge in [0.05, 0.1) is 11.3 Å². The molecule has 6 heteroatoms. The quantitative estimate of drug-likeness (QED) is 0.861. The zero-order chi connectivity index (χ0) is 14.2. The molecule has 0 saturated heterocycles. The molecule has 2 N–H and O–H groups in total. The number of hydrogen-bond donors (Lipinski definition) is 1. The fraction of sp³-hybridized carbons (Fsp3) is 0.231. The van der Waals surface area contributed by atoms with Crippen LogP contribution in [0.5, 0.6) is 0 Å². The second kappa shape index (κ2) is 4.53. The van der Waals surface area contributed by atoms with Gasteiger partial charge in [-0.1, -0.05) is 12.1 Å². The molecule has 0 bridgehead atoms. The lowest BCUT2D eigenvalue weighted by Crippen LogP contribution is -2.05. The van der Waals surface area contributed by atoms with Gasteiger partial charge in [0.2, 0.25) is 0 Å². The van der Waals surface area contributed by atoms with E-state index in [1.165, 1.54) is 12.1 Å². The number of aromatic nitrogens is 2. The number of benzene rings is 1. The van der Waals surface area contributed by atoms with E-state index in [1.807, 2.05) is 6.92 Å². The van der Waals surface area contributed by atoms with Gasteiger partial charge in [0, 0.05) is 5.56 Å². The molecule has 2 rings (SSSR count). The summed E-state index contributed by atoms with van der Waals surface area (Å²) in [5.41, 5.74) is 7.66. The molecule has 2 aromatic rings. The summed E-state index contributed by atoms with van der Waals surface area (Å²) in [6, 6.07) is 4.83. The molecule has 0 saturated carbocycles. The van der Waals surface area contributed by atoms with Crippen LogP contribution in [0.15, 0.2) is 24.3 Å². The lowest BCUT2D eigenvalue weighted by molar-refractivity contribution is -0.137. The molecule has 0 fully saturated rings. The van der Waals surface area contributed by atoms with Gasteiger partial charge < -0.3 is 5.73 Å². The van der Waals surface area contributed by atoms with Crippen molar-refractivity contribution >= 4 is 5.82 Å². The summed E-state index contributed by atoms with van der Waals surface area (Å²) in [6.45, 7) is 3.61. The first-order valence-electron chi connectivity index (χ1n) is 5.57. The van der Waals surface area contributed by atoms with Crippen LogP contribution in [0.4, 0.5) is 19.0 Å². The lowest BCUT2D eigenvalue weighted by Gasteiger charge is -2.10. The number of hydrogen-bond acceptors (Lipinski definition) is 3. The summed E-state index contributed by atoms with van der Waals surface area (Å²) >= 11 is 0. The van der Waals surface area contributed by atoms with E-state index >= 15 is 0 Å². The van der Waals surface area contributed by atoms with Gasteiger partial charge in [-0.05, 0) is 37.1 Å². The first-order valence-corrected chi connectivity index (χ1v) is 5.57. The second-order valence-electron chi connectivity index (χ2n) is 4.26. The normalized spacial score (nSPS) is 11.6. The Morgan fingerprint density at radius 2 is 1.53 bits per heavy atom. The van der Waals surface area contributed by atoms with Crippen molar-refractivity contribution in [1.82, 2.24) is 10.2 Å². The van der Waals surface area contributed by atoms with Crippen LogP contribution in [0.2, 0.25) is 0 Å². The number of halogens is 3. The van der Waals surface area contributed by atoms with E-state index in [-0.39, 0.29) is 0 Å². The number of rotatable bonds is 1. The average Bonchev–Trinajstić information content (AvgIpc) is 2.35. The van der Waals surface area contributed by atoms with Gasteiger partial charge in [0.1, 0.15) is 5.82 Å². The van der Waals surface area contributed by atoms with Gasteiger partial charge in [0.25, 0.3) is 0 Å². The van der Waals surface area contributed by atoms with Crippen LogP contribution in [0, 0.1) is 13.8 Å². The molecule has 0 atom stereocenters. The topological polar surface area (TPSA) is 51.8 Å². The minimum atomic E-state index is -4.34. The van der Waals surface area contributed by atoms with Crippen LogP contribution in [0.1, 0.15) is 16.7 Å². The third-order valence-corrected chi connectivity index (χ3v) is 3.05. The molecule has 0 unspecified atom stereocenters. The Kier molecular flexibility index (Phi) is 3.18. The molecule has 0 spiro atoms. The van der Waals surface area contributed by atoms with Crippen LogP contribution in [0.25, 0.3) is 11.3 Å². The van der Waals surface area contributed by atoms with Gasteiger partial charge in [-0.3, -0.25) is 0 Å². The molecule has 1 aromatic heterocycles. The van der Waals surface area contributed by atoms with E-state index < -0.39 is 11.7 Å². The molecule has 19 heavy (non-hydrogen) atoms. The zero-order valence-electron chi connectivity index (χ0n) is 10.4. The third-order valence-electron chi connectivity index (χ3n) is 3.05. The van der Waals surface area contributed by atoms with Crippen molar-refractivity contribution in [3.05, 3.63) is 41.0 Å². The summed E-state index contributed by atoms with van der Waals surface area (Å²) in [4.78, 5) is 0. The number of nitrogens with zero attached hydrogens (tertiary/aromatic N) is 2. The number of anilines is 1. The molecule has 0 aliphatic rings. The maximum atomic E-state index is 12.5. The molecule has 0 aliphatic carbocycles. The van der Waals surface area contributed by atoms with Crippen LogP contribution < -0.4 is 5.73 Å². The first-order chi connectivity index (χ1) is 8.80. The molecule has 0 radical (unpaired) electrons. The molecule has 0 amide bonds. The third kappa shape index (κ3) is 2.52. The standard InChI is InChI=1S/C13H12F3N3/c1-7-8(2)12(17)19-18-11(7)9-3-5-10(6-4-9)13(14,15)16/h3-6H,1-2H3,(H2,17,19). The average molecular weight is 267 g/mol. The minimum Gasteiger partial charge on any atom is -0.382 e. The predicted molar refractivity (Wildman–Crippen MR) is 66.4 cm³/mol. The van der Waals surface area contributed by atoms with Crippen LogP contribution in [-0.2, 0) is 6.18 Å². The summed E-state index contributed by atoms with van der Waals surface area (Å²) in [7, 11) is 0. The lowest BCUT2D eigenvalue weighted by atomic mass is 10.0. The van der Waals surface area contributed by atoms with Crippen molar-refractivity contribution in [2.75, 3.05) is 5.73 Å². The molecule has 100 valence electrons. The Bertz CT molecular complexity index is 604. The Morgan fingerprint density at radius 3 is 2.05 bits per heavy atom. The van der Waals surface area contributed by atoms with Crippen molar-refractivity contribution < 1.29 is 13.2 Å². The predicted octanol–water partition coefficient (Wildman–Crippen LogP) is 3.36. The van der Waals surface area contributed by atoms with Crippen molar-refractivity contribution in [2.24, 2.45) is 0 Å². The SMILES string of the molecule is Cc1c(N)nnc(-c2ccc(C(F)(F)F)cc2)c1C. The maximum Gasteiger partial charge on any atom is 0.416 e. The maximum absolute atomic E-state index is 12.5. The summed E-state index contributed by atoms with van der Waals surface area (Å²) in [6.07, 6.45) is -4.34. The number of alkyl halides is 3. The molecule has 0 aliphatic heterocycles. The van der Waals surface area contributed by atoms with Gasteiger partial charge >= 0.3 is 6.18 Å². The van der Waals surface area contributed by atoms with Crippen molar-refractivity contribution in [2.45, 2.75) is 20.0 Å². The molecular formula is C13H12F3N3. The van der Waals surface area contributed by atoms with E-state index in [4.69, 9.17) is 5.73 Å². The van der Waals surface area contributed by atoms with Gasteiger partial charge in [-0.2, -0.15) is 13.2 Å². The highest BCUT2D eigenvalue weighted by atomic mass is 19.4. The van der Waals surface area contributed by atoms with E-state index in [1.54, 1.807) is 6.92 Å². The second-order valence-corrected chi connectivity index (χ2v) is 4.26. The smallest absolute Gasteiger partial charge is 0.382 e. The van der Waals surface area contributed by atoms with E-state index in [2.05, 4.69) is 10.2 Å². The van der Waals surface area contributed by atoms with E-state index in [9.17, 15) is 13.2 Å². The zero-order valence-corrected chi connectivity index (χ0v) is 10.4. The van der Waals surface area contributed by atoms with Crippen molar-refractivity contribution in [1.29, 1.82) is 0 Å². The fourth-order valence-electron chi connectivity index (χ4n) is 1.71. The van der Waals surface area contributed by atoms with Crippen LogP contribution in [-0.4, -0.2) is 10.2 Å². The fourth-order valence-corrected chi connectivity index (χ4v) is 1.71. The Hall–Kier alpha value is -2.11. The summed E-state index contributed by atoms with van der Waals surface area (Å²) in [5.74, 6) is 0.327. The molecule has 3 nitrogen and oxygen atoms in total. The highest BCUT2D eigenvalue weighted by Crippen LogP contribution is 2.31. The Balaban J connectivity index is 2.46. The van der Waals surface area contributed by atoms with Crippen LogP contribution >= 0.6 is 0 Å². The van der Waals surface area contributed by atoms with E-state index in [0.717, 1.165) is 23.3 Å². The number of nitrogen functional groups attached to an aromatic ring is 1. The highest BCUT2D eigenvalue weighted by Gasteiger charge is 2.30. The van der Waals surface area contributed by atoms with Crippen molar-refractivity contribution in [3.8, 4) is 11.3 Å². The summed E-state index contributed by atoms with van der Waals surface area (Å²) in [5, 5.41) is 7.74. The molecular weight excluding hydrogens is 255 g/mol. The van der Waals surface area contributed by atoms with Gasteiger partial charge in [-0.25, -0.2) is 0 Å². The molecule has 1 heterocycles. The first kappa shape index (κ1) is 13.3. The number of nitrogens with two attached hydrogens (primary N) is 1. The van der Waals surface area contributed by atoms with Gasteiger partial charge in [-0.15, -0.1) is 10.2 Å². The minimum absolute atomic E-state index is 0.327. The largest absolute Gasteiger partial charge is 0.416 e.